The molecule has 0 radical (unpaired) electrons. The summed E-state index contributed by atoms with van der Waals surface area (Å²) in [4.78, 5) is 16.1. The lowest BCUT2D eigenvalue weighted by molar-refractivity contribution is 0.0940. The van der Waals surface area contributed by atoms with E-state index in [4.69, 9.17) is 23.2 Å². The summed E-state index contributed by atoms with van der Waals surface area (Å²) < 4.78 is 0. The molecule has 0 saturated heterocycles. The van der Waals surface area contributed by atoms with Crippen LogP contribution in [0.15, 0.2) is 42.7 Å². The Kier molecular flexibility index (Phi) is 4.40. The van der Waals surface area contributed by atoms with Crippen molar-refractivity contribution in [2.75, 3.05) is 0 Å². The van der Waals surface area contributed by atoms with Gasteiger partial charge in [-0.25, -0.2) is 0 Å². The lowest BCUT2D eigenvalue weighted by Crippen LogP contribution is -2.26. The molecule has 0 aliphatic carbocycles. The molecular formula is C14H12Cl2N2O. The molecule has 19 heavy (non-hydrogen) atoms. The third-order valence-corrected chi connectivity index (χ3v) is 3.29. The van der Waals surface area contributed by atoms with Crippen molar-refractivity contribution in [1.82, 2.24) is 10.3 Å². The van der Waals surface area contributed by atoms with Crippen molar-refractivity contribution in [2.24, 2.45) is 0 Å². The maximum atomic E-state index is 12.1. The summed E-state index contributed by atoms with van der Waals surface area (Å²) in [7, 11) is 0. The molecule has 0 saturated carbocycles. The van der Waals surface area contributed by atoms with E-state index in [1.807, 2.05) is 19.1 Å². The number of pyridine rings is 1. The Bertz CT molecular complexity index is 587. The van der Waals surface area contributed by atoms with Gasteiger partial charge in [0.2, 0.25) is 0 Å². The van der Waals surface area contributed by atoms with Crippen LogP contribution in [-0.2, 0) is 0 Å². The van der Waals surface area contributed by atoms with Crippen LogP contribution >= 0.6 is 23.2 Å². The van der Waals surface area contributed by atoms with E-state index >= 15 is 0 Å². The highest BCUT2D eigenvalue weighted by Crippen LogP contribution is 2.21. The number of amides is 1. The highest BCUT2D eigenvalue weighted by molar-refractivity contribution is 6.35. The van der Waals surface area contributed by atoms with Gasteiger partial charge in [0, 0.05) is 17.4 Å². The van der Waals surface area contributed by atoms with Crippen molar-refractivity contribution < 1.29 is 4.79 Å². The average molecular weight is 295 g/mol. The average Bonchev–Trinajstić information content (AvgIpc) is 2.42. The fourth-order valence-corrected chi connectivity index (χ4v) is 2.06. The second-order valence-corrected chi connectivity index (χ2v) is 4.94. The van der Waals surface area contributed by atoms with Gasteiger partial charge in [0.15, 0.2) is 0 Å². The molecule has 1 aromatic carbocycles. The summed E-state index contributed by atoms with van der Waals surface area (Å²) >= 11 is 11.9. The van der Waals surface area contributed by atoms with Gasteiger partial charge in [-0.1, -0.05) is 23.2 Å². The SMILES string of the molecule is C[C@H](NC(=O)c1cc(Cl)ccc1Cl)c1ccncc1. The van der Waals surface area contributed by atoms with Gasteiger partial charge in [-0.2, -0.15) is 0 Å². The summed E-state index contributed by atoms with van der Waals surface area (Å²) in [6.07, 6.45) is 3.37. The van der Waals surface area contributed by atoms with Gasteiger partial charge in [-0.05, 0) is 42.8 Å². The van der Waals surface area contributed by atoms with Crippen LogP contribution in [0.1, 0.15) is 28.9 Å². The van der Waals surface area contributed by atoms with Gasteiger partial charge in [-0.15, -0.1) is 0 Å². The number of nitrogens with zero attached hydrogens (tertiary/aromatic N) is 1. The maximum absolute atomic E-state index is 12.1. The zero-order valence-corrected chi connectivity index (χ0v) is 11.7. The summed E-state index contributed by atoms with van der Waals surface area (Å²) in [6.45, 7) is 1.89. The van der Waals surface area contributed by atoms with Gasteiger partial charge in [0.05, 0.1) is 16.6 Å². The molecular weight excluding hydrogens is 283 g/mol. The maximum Gasteiger partial charge on any atom is 0.253 e. The number of nitrogens with one attached hydrogen (secondary N) is 1. The molecule has 1 heterocycles. The number of benzene rings is 1. The first-order valence-corrected chi connectivity index (χ1v) is 6.49. The van der Waals surface area contributed by atoms with Crippen LogP contribution in [0.3, 0.4) is 0 Å². The van der Waals surface area contributed by atoms with Crippen LogP contribution in [-0.4, -0.2) is 10.9 Å². The highest BCUT2D eigenvalue weighted by atomic mass is 35.5. The first-order chi connectivity index (χ1) is 9.08. The molecule has 0 aliphatic rings. The van der Waals surface area contributed by atoms with Crippen molar-refractivity contribution >= 4 is 29.1 Å². The van der Waals surface area contributed by atoms with Gasteiger partial charge >= 0.3 is 0 Å². The Morgan fingerprint density at radius 3 is 2.58 bits per heavy atom. The predicted octanol–water partition coefficient (Wildman–Crippen LogP) is 3.88. The Morgan fingerprint density at radius 2 is 1.89 bits per heavy atom. The number of carbonyl (C=O) groups is 1. The number of carbonyl (C=O) groups excluding carboxylic acids is 1. The third-order valence-electron chi connectivity index (χ3n) is 2.73. The molecule has 98 valence electrons. The summed E-state index contributed by atoms with van der Waals surface area (Å²) in [5, 5.41) is 3.73. The van der Waals surface area contributed by atoms with E-state index in [0.717, 1.165) is 5.56 Å². The first-order valence-electron chi connectivity index (χ1n) is 5.74. The van der Waals surface area contributed by atoms with E-state index in [0.29, 0.717) is 15.6 Å². The number of hydrogen-bond donors (Lipinski definition) is 1. The van der Waals surface area contributed by atoms with Gasteiger partial charge in [0.1, 0.15) is 0 Å². The largest absolute Gasteiger partial charge is 0.345 e. The van der Waals surface area contributed by atoms with E-state index < -0.39 is 0 Å². The van der Waals surface area contributed by atoms with Gasteiger partial charge < -0.3 is 5.32 Å². The predicted molar refractivity (Wildman–Crippen MR) is 76.6 cm³/mol. The molecule has 1 aromatic heterocycles. The standard InChI is InChI=1S/C14H12Cl2N2O/c1-9(10-4-6-17-7-5-10)18-14(19)12-8-11(15)2-3-13(12)16/h2-9H,1H3,(H,18,19)/t9-/m0/s1. The molecule has 1 N–H and O–H groups in total. The lowest BCUT2D eigenvalue weighted by atomic mass is 10.1. The van der Waals surface area contributed by atoms with Crippen molar-refractivity contribution in [3.05, 3.63) is 63.9 Å². The molecule has 5 heteroatoms. The number of aromatic nitrogens is 1. The third kappa shape index (κ3) is 3.46. The van der Waals surface area contributed by atoms with Crippen LogP contribution in [0.5, 0.6) is 0 Å². The van der Waals surface area contributed by atoms with Crippen molar-refractivity contribution in [3.63, 3.8) is 0 Å². The van der Waals surface area contributed by atoms with E-state index in [-0.39, 0.29) is 11.9 Å². The Morgan fingerprint density at radius 1 is 1.21 bits per heavy atom. The van der Waals surface area contributed by atoms with Gasteiger partial charge in [-0.3, -0.25) is 9.78 Å². The summed E-state index contributed by atoms with van der Waals surface area (Å²) in [5.41, 5.74) is 1.34. The molecule has 3 nitrogen and oxygen atoms in total. The van der Waals surface area contributed by atoms with E-state index in [1.54, 1.807) is 30.6 Å². The van der Waals surface area contributed by atoms with Crippen molar-refractivity contribution in [2.45, 2.75) is 13.0 Å². The quantitative estimate of drug-likeness (QED) is 0.933. The molecule has 0 spiro atoms. The fourth-order valence-electron chi connectivity index (χ4n) is 1.68. The number of rotatable bonds is 3. The molecule has 0 unspecified atom stereocenters. The van der Waals surface area contributed by atoms with Crippen LogP contribution in [0.4, 0.5) is 0 Å². The molecule has 0 bridgehead atoms. The minimum Gasteiger partial charge on any atom is -0.345 e. The smallest absolute Gasteiger partial charge is 0.253 e. The second kappa shape index (κ2) is 6.04. The van der Waals surface area contributed by atoms with Crippen LogP contribution in [0, 0.1) is 0 Å². The summed E-state index contributed by atoms with van der Waals surface area (Å²) in [6, 6.07) is 8.38. The van der Waals surface area contributed by atoms with E-state index in [2.05, 4.69) is 10.3 Å². The fraction of sp³-hybridized carbons (Fsp3) is 0.143. The topological polar surface area (TPSA) is 42.0 Å². The number of halogens is 2. The molecule has 2 aromatic rings. The van der Waals surface area contributed by atoms with Crippen LogP contribution in [0.25, 0.3) is 0 Å². The van der Waals surface area contributed by atoms with Gasteiger partial charge in [0.25, 0.3) is 5.91 Å². The Balaban J connectivity index is 2.15. The number of hydrogen-bond acceptors (Lipinski definition) is 2. The van der Waals surface area contributed by atoms with Crippen LogP contribution < -0.4 is 5.32 Å². The van der Waals surface area contributed by atoms with Crippen molar-refractivity contribution in [1.29, 1.82) is 0 Å². The first kappa shape index (κ1) is 13.8. The molecule has 1 amide bonds. The van der Waals surface area contributed by atoms with Crippen LogP contribution in [0.2, 0.25) is 10.0 Å². The second-order valence-electron chi connectivity index (χ2n) is 4.10. The molecule has 2 rings (SSSR count). The Hall–Kier alpha value is -1.58. The minimum absolute atomic E-state index is 0.134. The molecule has 0 aliphatic heterocycles. The summed E-state index contributed by atoms with van der Waals surface area (Å²) in [5.74, 6) is -0.253. The minimum atomic E-state index is -0.253. The van der Waals surface area contributed by atoms with Crippen molar-refractivity contribution in [3.8, 4) is 0 Å². The highest BCUT2D eigenvalue weighted by Gasteiger charge is 2.14. The molecule has 0 fully saturated rings. The zero-order valence-electron chi connectivity index (χ0n) is 10.2. The van der Waals surface area contributed by atoms with E-state index in [1.165, 1.54) is 0 Å². The van der Waals surface area contributed by atoms with E-state index in [9.17, 15) is 4.79 Å². The Labute approximate surface area is 121 Å². The lowest BCUT2D eigenvalue weighted by Gasteiger charge is -2.14. The zero-order chi connectivity index (χ0) is 13.8. The normalized spacial score (nSPS) is 11.9. The molecule has 1 atom stereocenters. The monoisotopic (exact) mass is 294 g/mol.